The number of nitrogens with zero attached hydrogens (tertiary/aromatic N) is 2. The summed E-state index contributed by atoms with van der Waals surface area (Å²) in [5.41, 5.74) is 3.44. The minimum Gasteiger partial charge on any atom is -0.361 e. The Hall–Kier alpha value is -2.18. The molecule has 1 aliphatic heterocycles. The number of carbonyl (C=O) groups excluding carboxylic acids is 1. The lowest BCUT2D eigenvalue weighted by molar-refractivity contribution is -0.116. The van der Waals surface area contributed by atoms with E-state index >= 15 is 0 Å². The zero-order valence-electron chi connectivity index (χ0n) is 13.6. The van der Waals surface area contributed by atoms with Gasteiger partial charge in [-0.2, -0.15) is 0 Å². The van der Waals surface area contributed by atoms with Crippen LogP contribution in [-0.2, 0) is 24.2 Å². The number of aryl methyl sites for hydroxylation is 1. The summed E-state index contributed by atoms with van der Waals surface area (Å²) in [6, 6.07) is 8.17. The first-order valence-corrected chi connectivity index (χ1v) is 9.02. The predicted molar refractivity (Wildman–Crippen MR) is 97.4 cm³/mol. The van der Waals surface area contributed by atoms with E-state index in [0.717, 1.165) is 42.3 Å². The Bertz CT molecular complexity index is 882. The van der Waals surface area contributed by atoms with Crippen molar-refractivity contribution in [2.45, 2.75) is 25.8 Å². The zero-order chi connectivity index (χ0) is 16.5. The van der Waals surface area contributed by atoms with Gasteiger partial charge in [0.25, 0.3) is 0 Å². The number of thiazole rings is 1. The third-order valence-electron chi connectivity index (χ3n) is 4.46. The molecule has 2 N–H and O–H groups in total. The Morgan fingerprint density at radius 2 is 2.29 bits per heavy atom. The largest absolute Gasteiger partial charge is 0.361 e. The first kappa shape index (κ1) is 15.4. The third kappa shape index (κ3) is 3.07. The van der Waals surface area contributed by atoms with Gasteiger partial charge < -0.3 is 15.2 Å². The second kappa shape index (κ2) is 6.37. The molecule has 0 fully saturated rings. The number of benzene rings is 1. The van der Waals surface area contributed by atoms with Crippen LogP contribution in [0.15, 0.2) is 30.5 Å². The molecule has 24 heavy (non-hydrogen) atoms. The number of amides is 1. The van der Waals surface area contributed by atoms with Crippen molar-refractivity contribution < 1.29 is 4.79 Å². The molecule has 1 aromatic carbocycles. The smallest absolute Gasteiger partial charge is 0.226 e. The number of aromatic amines is 1. The Morgan fingerprint density at radius 3 is 3.21 bits per heavy atom. The molecule has 0 atom stereocenters. The second-order valence-electron chi connectivity index (χ2n) is 6.28. The molecular formula is C18H20N4OS. The van der Waals surface area contributed by atoms with E-state index < -0.39 is 0 Å². The van der Waals surface area contributed by atoms with Crippen molar-refractivity contribution in [3.05, 3.63) is 46.6 Å². The van der Waals surface area contributed by atoms with E-state index in [1.54, 1.807) is 11.3 Å². The van der Waals surface area contributed by atoms with Crippen LogP contribution in [0.25, 0.3) is 10.9 Å². The summed E-state index contributed by atoms with van der Waals surface area (Å²) >= 11 is 1.60. The summed E-state index contributed by atoms with van der Waals surface area (Å²) in [6.07, 6.45) is 4.15. The van der Waals surface area contributed by atoms with E-state index in [4.69, 9.17) is 0 Å². The molecule has 1 aliphatic rings. The maximum atomic E-state index is 12.3. The van der Waals surface area contributed by atoms with Crippen LogP contribution >= 0.6 is 11.3 Å². The van der Waals surface area contributed by atoms with Crippen molar-refractivity contribution in [3.8, 4) is 0 Å². The van der Waals surface area contributed by atoms with Gasteiger partial charge in [-0.1, -0.05) is 18.2 Å². The first-order valence-electron chi connectivity index (χ1n) is 8.21. The van der Waals surface area contributed by atoms with Crippen LogP contribution in [0.1, 0.15) is 22.6 Å². The Balaban J connectivity index is 1.39. The average molecular weight is 340 g/mol. The number of H-pyrrole nitrogens is 1. The van der Waals surface area contributed by atoms with Crippen LogP contribution in [0.2, 0.25) is 0 Å². The monoisotopic (exact) mass is 340 g/mol. The van der Waals surface area contributed by atoms with E-state index in [0.29, 0.717) is 6.42 Å². The fourth-order valence-electron chi connectivity index (χ4n) is 3.15. The van der Waals surface area contributed by atoms with E-state index in [2.05, 4.69) is 39.4 Å². The van der Waals surface area contributed by atoms with Gasteiger partial charge in [0.2, 0.25) is 5.91 Å². The third-order valence-corrected chi connectivity index (χ3v) is 5.46. The fraction of sp³-hybridized carbons (Fsp3) is 0.333. The van der Waals surface area contributed by atoms with E-state index in [1.165, 1.54) is 15.8 Å². The lowest BCUT2D eigenvalue weighted by atomic mass is 10.1. The number of aromatic nitrogens is 2. The summed E-state index contributed by atoms with van der Waals surface area (Å²) in [5.74, 6) is 0.0275. The van der Waals surface area contributed by atoms with Crippen molar-refractivity contribution in [1.29, 1.82) is 0 Å². The van der Waals surface area contributed by atoms with Crippen LogP contribution in [0.4, 0.5) is 5.13 Å². The van der Waals surface area contributed by atoms with Gasteiger partial charge in [-0.25, -0.2) is 4.98 Å². The van der Waals surface area contributed by atoms with Crippen LogP contribution in [0.5, 0.6) is 0 Å². The molecule has 3 heterocycles. The number of likely N-dealkylation sites (N-methyl/N-ethyl adjacent to an activating group) is 1. The van der Waals surface area contributed by atoms with Crippen LogP contribution in [0.3, 0.4) is 0 Å². The fourth-order valence-corrected chi connectivity index (χ4v) is 4.25. The molecule has 0 radical (unpaired) electrons. The number of rotatable bonds is 4. The van der Waals surface area contributed by atoms with Gasteiger partial charge in [-0.15, -0.1) is 11.3 Å². The maximum Gasteiger partial charge on any atom is 0.226 e. The number of anilines is 1. The number of hydrogen-bond acceptors (Lipinski definition) is 4. The molecule has 2 aromatic heterocycles. The second-order valence-corrected chi connectivity index (χ2v) is 7.37. The number of carbonyl (C=O) groups is 1. The average Bonchev–Trinajstić information content (AvgIpc) is 3.16. The van der Waals surface area contributed by atoms with Crippen molar-refractivity contribution in [2.24, 2.45) is 0 Å². The van der Waals surface area contributed by atoms with Gasteiger partial charge in [0.15, 0.2) is 5.13 Å². The van der Waals surface area contributed by atoms with Gasteiger partial charge in [0.05, 0.1) is 5.69 Å². The van der Waals surface area contributed by atoms with Crippen molar-refractivity contribution in [2.75, 3.05) is 18.9 Å². The number of nitrogens with one attached hydrogen (secondary N) is 2. The van der Waals surface area contributed by atoms with E-state index in [9.17, 15) is 4.79 Å². The Labute approximate surface area is 144 Å². The predicted octanol–water partition coefficient (Wildman–Crippen LogP) is 3.18. The Kier molecular flexibility index (Phi) is 4.08. The van der Waals surface area contributed by atoms with Gasteiger partial charge in [0, 0.05) is 47.9 Å². The van der Waals surface area contributed by atoms with Crippen molar-refractivity contribution >= 4 is 33.3 Å². The van der Waals surface area contributed by atoms with Crippen molar-refractivity contribution in [1.82, 2.24) is 14.9 Å². The normalized spacial score (nSPS) is 14.7. The topological polar surface area (TPSA) is 61.0 Å². The number of hydrogen-bond donors (Lipinski definition) is 2. The molecule has 5 nitrogen and oxygen atoms in total. The molecule has 0 saturated heterocycles. The van der Waals surface area contributed by atoms with Gasteiger partial charge in [-0.05, 0) is 25.1 Å². The molecule has 0 unspecified atom stereocenters. The highest BCUT2D eigenvalue weighted by molar-refractivity contribution is 7.15. The SMILES string of the molecule is CN1CCc2nc(NC(=O)CCc3c[nH]c4ccccc34)sc2C1. The molecule has 0 bridgehead atoms. The molecule has 3 aromatic rings. The van der Waals surface area contributed by atoms with E-state index in [1.807, 2.05) is 18.3 Å². The lowest BCUT2D eigenvalue weighted by Crippen LogP contribution is -2.25. The summed E-state index contributed by atoms with van der Waals surface area (Å²) in [7, 11) is 2.11. The molecule has 1 amide bonds. The lowest BCUT2D eigenvalue weighted by Gasteiger charge is -2.20. The molecule has 4 rings (SSSR count). The quantitative estimate of drug-likeness (QED) is 0.767. The molecule has 6 heteroatoms. The molecule has 0 spiro atoms. The highest BCUT2D eigenvalue weighted by Gasteiger charge is 2.19. The minimum atomic E-state index is 0.0275. The number of fused-ring (bicyclic) bond motifs is 2. The van der Waals surface area contributed by atoms with Crippen LogP contribution in [0, 0.1) is 0 Å². The van der Waals surface area contributed by atoms with E-state index in [-0.39, 0.29) is 5.91 Å². The summed E-state index contributed by atoms with van der Waals surface area (Å²) < 4.78 is 0. The highest BCUT2D eigenvalue weighted by atomic mass is 32.1. The molecular weight excluding hydrogens is 320 g/mol. The summed E-state index contributed by atoms with van der Waals surface area (Å²) in [6.45, 7) is 1.96. The molecule has 0 saturated carbocycles. The summed E-state index contributed by atoms with van der Waals surface area (Å²) in [5, 5.41) is 4.89. The Morgan fingerprint density at radius 1 is 1.42 bits per heavy atom. The first-order chi connectivity index (χ1) is 11.7. The molecule has 0 aliphatic carbocycles. The maximum absolute atomic E-state index is 12.3. The standard InChI is InChI=1S/C18H20N4OS/c1-22-9-8-15-16(11-22)24-18(20-15)21-17(23)7-6-12-10-19-14-5-3-2-4-13(12)14/h2-5,10,19H,6-9,11H2,1H3,(H,20,21,23). The zero-order valence-corrected chi connectivity index (χ0v) is 14.4. The van der Waals surface area contributed by atoms with Gasteiger partial charge in [0.1, 0.15) is 0 Å². The summed E-state index contributed by atoms with van der Waals surface area (Å²) in [4.78, 5) is 23.6. The minimum absolute atomic E-state index is 0.0275. The van der Waals surface area contributed by atoms with Crippen LogP contribution in [-0.4, -0.2) is 34.4 Å². The van der Waals surface area contributed by atoms with Gasteiger partial charge in [-0.3, -0.25) is 4.79 Å². The molecule has 124 valence electrons. The van der Waals surface area contributed by atoms with Crippen molar-refractivity contribution in [3.63, 3.8) is 0 Å². The van der Waals surface area contributed by atoms with Crippen LogP contribution < -0.4 is 5.32 Å². The highest BCUT2D eigenvalue weighted by Crippen LogP contribution is 2.28. The van der Waals surface area contributed by atoms with Gasteiger partial charge >= 0.3 is 0 Å². The number of para-hydroxylation sites is 1.